The zero-order chi connectivity index (χ0) is 48.6. The highest BCUT2D eigenvalue weighted by atomic mass is 19.4. The molecule has 1 heterocycles. The lowest BCUT2D eigenvalue weighted by molar-refractivity contribution is -0.290. The van der Waals surface area contributed by atoms with E-state index < -0.39 is 139 Å². The van der Waals surface area contributed by atoms with Crippen molar-refractivity contribution in [3.63, 3.8) is 0 Å². The third-order valence-electron chi connectivity index (χ3n) is 11.7. The molecule has 1 aromatic heterocycles. The van der Waals surface area contributed by atoms with Crippen molar-refractivity contribution in [2.24, 2.45) is 0 Å². The Hall–Kier alpha value is -5.81. The summed E-state index contributed by atoms with van der Waals surface area (Å²) in [6, 6.07) is 1.98. The number of nitrogens with zero attached hydrogens (tertiary/aromatic N) is 2. The predicted molar refractivity (Wildman–Crippen MR) is 216 cm³/mol. The zero-order valence-corrected chi connectivity index (χ0v) is 35.9. The molecular formula is C47H43F13N2O3. The minimum atomic E-state index is -6.05. The summed E-state index contributed by atoms with van der Waals surface area (Å²) in [4.78, 5) is 0. The Balaban J connectivity index is 1.60. The van der Waals surface area contributed by atoms with Crippen LogP contribution in [0.15, 0.2) is 89.1 Å². The number of rotatable bonds is 16. The minimum absolute atomic E-state index is 0.0262. The molecule has 0 saturated carbocycles. The molecule has 3 aromatic carbocycles. The number of halogens is 13. The summed E-state index contributed by atoms with van der Waals surface area (Å²) in [5.41, 5.74) is -13.7. The highest BCUT2D eigenvalue weighted by Gasteiger charge is 2.73. The summed E-state index contributed by atoms with van der Waals surface area (Å²) >= 11 is 0. The van der Waals surface area contributed by atoms with Crippen molar-refractivity contribution in [2.45, 2.75) is 109 Å². The van der Waals surface area contributed by atoms with Gasteiger partial charge in [-0.1, -0.05) is 64.5 Å². The first-order chi connectivity index (χ1) is 30.3. The van der Waals surface area contributed by atoms with Crippen molar-refractivity contribution < 1.29 is 71.0 Å². The molecule has 350 valence electrons. The van der Waals surface area contributed by atoms with Crippen molar-refractivity contribution in [1.29, 1.82) is 0 Å². The third kappa shape index (κ3) is 9.22. The van der Waals surface area contributed by atoms with Gasteiger partial charge < -0.3 is 13.9 Å². The van der Waals surface area contributed by atoms with E-state index in [4.69, 9.17) is 13.9 Å². The van der Waals surface area contributed by atoms with Crippen LogP contribution in [0.5, 0.6) is 11.5 Å². The lowest BCUT2D eigenvalue weighted by atomic mass is 9.68. The Morgan fingerprint density at radius 3 is 1.77 bits per heavy atom. The molecule has 65 heavy (non-hydrogen) atoms. The number of aromatic nitrogens is 2. The van der Waals surface area contributed by atoms with Crippen LogP contribution in [0.3, 0.4) is 0 Å². The molecule has 0 spiro atoms. The average molecular weight is 931 g/mol. The summed E-state index contributed by atoms with van der Waals surface area (Å²) < 4.78 is 217. The van der Waals surface area contributed by atoms with E-state index in [1.165, 1.54) is 32.9 Å². The predicted octanol–water partition coefficient (Wildman–Crippen LogP) is 15.3. The van der Waals surface area contributed by atoms with Crippen LogP contribution in [-0.2, 0) is 22.0 Å². The Bertz CT molecular complexity index is 2540. The van der Waals surface area contributed by atoms with Crippen LogP contribution in [0.2, 0.25) is 0 Å². The van der Waals surface area contributed by atoms with Crippen molar-refractivity contribution in [3.8, 4) is 34.4 Å². The molecule has 0 aliphatic heterocycles. The van der Waals surface area contributed by atoms with Gasteiger partial charge in [-0.05, 0) is 91.8 Å². The number of benzene rings is 3. The highest BCUT2D eigenvalue weighted by Crippen LogP contribution is 2.59. The molecule has 0 fully saturated rings. The molecule has 4 aromatic rings. The SMILES string of the molecule is C=CCC1=CC(OC(C)(CC)CC)=CC=C(C(c2ccc(Oc3cc(F)c(-c4nnc(-c5c(F)c(F)c(C(C)(C)CC)c(F)c5F)o4)c(F)c3F)cc2CC=C)(C(F)(F)F)C(F)(F)F)C1. The van der Waals surface area contributed by atoms with Crippen LogP contribution in [0, 0.1) is 40.7 Å². The fourth-order valence-electron chi connectivity index (χ4n) is 7.42. The number of alkyl halides is 6. The quantitative estimate of drug-likeness (QED) is 0.0636. The van der Waals surface area contributed by atoms with E-state index in [1.54, 1.807) is 6.92 Å². The molecule has 1 aliphatic rings. The van der Waals surface area contributed by atoms with Gasteiger partial charge in [0, 0.05) is 11.6 Å². The second kappa shape index (κ2) is 18.6. The summed E-state index contributed by atoms with van der Waals surface area (Å²) in [6.07, 6.45) is -7.23. The average Bonchev–Trinajstić information content (AvgIpc) is 3.61. The summed E-state index contributed by atoms with van der Waals surface area (Å²) in [5, 5.41) is 6.50. The molecule has 0 atom stereocenters. The number of hydrogen-bond acceptors (Lipinski definition) is 5. The second-order valence-corrected chi connectivity index (χ2v) is 16.2. The van der Waals surface area contributed by atoms with Crippen LogP contribution in [0.4, 0.5) is 57.1 Å². The summed E-state index contributed by atoms with van der Waals surface area (Å²) in [7, 11) is 0. The van der Waals surface area contributed by atoms with E-state index in [2.05, 4.69) is 23.4 Å². The fourth-order valence-corrected chi connectivity index (χ4v) is 7.42. The second-order valence-electron chi connectivity index (χ2n) is 16.2. The largest absolute Gasteiger partial charge is 0.488 e. The van der Waals surface area contributed by atoms with Crippen molar-refractivity contribution in [2.75, 3.05) is 0 Å². The maximum absolute atomic E-state index is 15.6. The minimum Gasteiger partial charge on any atom is -0.488 e. The van der Waals surface area contributed by atoms with Gasteiger partial charge in [-0.2, -0.15) is 30.7 Å². The van der Waals surface area contributed by atoms with Crippen molar-refractivity contribution >= 4 is 0 Å². The van der Waals surface area contributed by atoms with Gasteiger partial charge in [-0.15, -0.1) is 23.4 Å². The first kappa shape index (κ1) is 50.2. The van der Waals surface area contributed by atoms with Crippen molar-refractivity contribution in [1.82, 2.24) is 10.2 Å². The van der Waals surface area contributed by atoms with Crippen LogP contribution in [-0.4, -0.2) is 28.2 Å². The van der Waals surface area contributed by atoms with Crippen LogP contribution < -0.4 is 4.74 Å². The van der Waals surface area contributed by atoms with Gasteiger partial charge in [-0.25, -0.2) is 26.3 Å². The van der Waals surface area contributed by atoms with Gasteiger partial charge in [0.05, 0.1) is 0 Å². The van der Waals surface area contributed by atoms with E-state index >= 15 is 57.1 Å². The first-order valence-corrected chi connectivity index (χ1v) is 20.1. The van der Waals surface area contributed by atoms with E-state index in [0.717, 1.165) is 18.2 Å². The van der Waals surface area contributed by atoms with Crippen LogP contribution in [0.1, 0.15) is 90.3 Å². The molecule has 0 radical (unpaired) electrons. The normalized spacial score (nSPS) is 14.1. The van der Waals surface area contributed by atoms with E-state index in [-0.39, 0.29) is 30.2 Å². The molecule has 5 nitrogen and oxygen atoms in total. The molecule has 1 aliphatic carbocycles. The Morgan fingerprint density at radius 1 is 0.692 bits per heavy atom. The van der Waals surface area contributed by atoms with E-state index in [1.807, 2.05) is 13.8 Å². The van der Waals surface area contributed by atoms with Gasteiger partial charge in [-0.3, -0.25) is 0 Å². The number of allylic oxidation sites excluding steroid dienone is 7. The summed E-state index contributed by atoms with van der Waals surface area (Å²) in [6.45, 7) is 16.6. The number of hydrogen-bond donors (Lipinski definition) is 0. The molecule has 18 heteroatoms. The van der Waals surface area contributed by atoms with Gasteiger partial charge in [0.15, 0.2) is 34.8 Å². The van der Waals surface area contributed by atoms with Gasteiger partial charge >= 0.3 is 12.4 Å². The molecule has 0 N–H and O–H groups in total. The fraction of sp³-hybridized carbons (Fsp3) is 0.362. The van der Waals surface area contributed by atoms with E-state index in [9.17, 15) is 0 Å². The van der Waals surface area contributed by atoms with Crippen LogP contribution >= 0.6 is 0 Å². The van der Waals surface area contributed by atoms with Crippen LogP contribution in [0.25, 0.3) is 22.9 Å². The van der Waals surface area contributed by atoms with Crippen molar-refractivity contribution in [3.05, 3.63) is 142 Å². The van der Waals surface area contributed by atoms with E-state index in [0.29, 0.717) is 31.0 Å². The Kier molecular flexibility index (Phi) is 14.4. The Labute approximate surface area is 366 Å². The topological polar surface area (TPSA) is 57.4 Å². The molecular weight excluding hydrogens is 888 g/mol. The Morgan fingerprint density at radius 2 is 1.25 bits per heavy atom. The van der Waals surface area contributed by atoms with Gasteiger partial charge in [0.25, 0.3) is 11.8 Å². The zero-order valence-electron chi connectivity index (χ0n) is 35.9. The first-order valence-electron chi connectivity index (χ1n) is 20.1. The third-order valence-corrected chi connectivity index (χ3v) is 11.7. The maximum Gasteiger partial charge on any atom is 0.410 e. The lowest BCUT2D eigenvalue weighted by Crippen LogP contribution is -2.56. The van der Waals surface area contributed by atoms with Gasteiger partial charge in [0.2, 0.25) is 11.2 Å². The molecule has 0 amide bonds. The molecule has 0 saturated heterocycles. The highest BCUT2D eigenvalue weighted by molar-refractivity contribution is 5.63. The smallest absolute Gasteiger partial charge is 0.410 e. The lowest BCUT2D eigenvalue weighted by Gasteiger charge is -2.41. The molecule has 5 rings (SSSR count). The monoisotopic (exact) mass is 930 g/mol. The summed E-state index contributed by atoms with van der Waals surface area (Å²) in [5.74, 6) is -17.9. The maximum atomic E-state index is 15.6. The number of ether oxygens (including phenoxy) is 2. The standard InChI is InChI=1S/C47H43F13N2O3/c1-9-14-24-20-26(16-17-28(21-24)65-44(8,12-4)13-5)45(46(55,56)57,47(58,59)60)29-19-18-27(22-25(29)15-10-2)63-31-23-30(48)32(36(50)35(31)49)41-61-62-42(64-41)33-37(51)39(53)34(40(54)38(33)52)43(6,7)11-3/h9-10,16-19,21-23H,1-2,11-15,20H2,3-8H3. The molecule has 0 unspecified atom stereocenters. The van der Waals surface area contributed by atoms with Gasteiger partial charge in [0.1, 0.15) is 34.1 Å². The molecule has 0 bridgehead atoms.